The maximum atomic E-state index is 3.84. The van der Waals surface area contributed by atoms with Crippen molar-refractivity contribution in [2.45, 2.75) is 70.5 Å². The van der Waals surface area contributed by atoms with Crippen LogP contribution in [-0.2, 0) is 6.54 Å². The molecular weight excluding hydrogens is 276 g/mol. The van der Waals surface area contributed by atoms with Crippen molar-refractivity contribution in [2.75, 3.05) is 13.1 Å². The van der Waals surface area contributed by atoms with E-state index in [0.717, 1.165) is 18.5 Å². The minimum absolute atomic E-state index is 0.702. The van der Waals surface area contributed by atoms with Gasteiger partial charge in [0.1, 0.15) is 0 Å². The van der Waals surface area contributed by atoms with E-state index in [1.165, 1.54) is 63.6 Å². The molecule has 1 aromatic heterocycles. The lowest BCUT2D eigenvalue weighted by atomic mass is 9.82. The second-order valence-electron chi connectivity index (χ2n) is 6.92. The van der Waals surface area contributed by atoms with Gasteiger partial charge >= 0.3 is 0 Å². The Kier molecular flexibility index (Phi) is 5.73. The molecule has 1 aromatic rings. The highest BCUT2D eigenvalue weighted by molar-refractivity contribution is 7.07. The molecule has 0 amide bonds. The second-order valence-corrected chi connectivity index (χ2v) is 7.70. The highest BCUT2D eigenvalue weighted by Crippen LogP contribution is 2.31. The Bertz CT molecular complexity index is 397. The minimum Gasteiger partial charge on any atom is -0.311 e. The van der Waals surface area contributed by atoms with Crippen LogP contribution in [-0.4, -0.2) is 30.1 Å². The van der Waals surface area contributed by atoms with Crippen LogP contribution in [0.2, 0.25) is 0 Å². The lowest BCUT2D eigenvalue weighted by Gasteiger charge is -2.45. The quantitative estimate of drug-likeness (QED) is 0.874. The normalized spacial score (nSPS) is 28.8. The summed E-state index contributed by atoms with van der Waals surface area (Å²) >= 11 is 1.83. The molecule has 21 heavy (non-hydrogen) atoms. The Morgan fingerprint density at radius 2 is 2.14 bits per heavy atom. The first-order valence-electron chi connectivity index (χ1n) is 8.85. The van der Waals surface area contributed by atoms with Crippen LogP contribution in [0.5, 0.6) is 0 Å². The standard InChI is InChI=1S/C18H30N2S/c1-2-6-17-13-20(12-15-9-10-21-14-15)18(11-19-17)16-7-4-3-5-8-16/h9-10,14,16-19H,2-8,11-13H2,1H3. The summed E-state index contributed by atoms with van der Waals surface area (Å²) < 4.78 is 0. The third-order valence-corrected chi connectivity index (χ3v) is 6.07. The number of rotatable bonds is 5. The van der Waals surface area contributed by atoms with Crippen LogP contribution in [0, 0.1) is 5.92 Å². The summed E-state index contributed by atoms with van der Waals surface area (Å²) in [5.41, 5.74) is 1.51. The van der Waals surface area contributed by atoms with Gasteiger partial charge in [0.15, 0.2) is 0 Å². The average Bonchev–Trinajstić information content (AvgIpc) is 3.02. The molecule has 2 heterocycles. The topological polar surface area (TPSA) is 15.3 Å². The van der Waals surface area contributed by atoms with Crippen molar-refractivity contribution >= 4 is 11.3 Å². The zero-order chi connectivity index (χ0) is 14.5. The highest BCUT2D eigenvalue weighted by atomic mass is 32.1. The summed E-state index contributed by atoms with van der Waals surface area (Å²) in [4.78, 5) is 2.80. The number of nitrogens with zero attached hydrogens (tertiary/aromatic N) is 1. The summed E-state index contributed by atoms with van der Waals surface area (Å²) in [6, 6.07) is 3.77. The first-order valence-corrected chi connectivity index (χ1v) is 9.79. The van der Waals surface area contributed by atoms with E-state index in [0.29, 0.717) is 6.04 Å². The summed E-state index contributed by atoms with van der Waals surface area (Å²) in [5, 5.41) is 8.39. The fourth-order valence-electron chi connectivity index (χ4n) is 4.22. The zero-order valence-electron chi connectivity index (χ0n) is 13.4. The van der Waals surface area contributed by atoms with Crippen LogP contribution in [0.4, 0.5) is 0 Å². The number of nitrogens with one attached hydrogen (secondary N) is 1. The van der Waals surface area contributed by atoms with Gasteiger partial charge in [-0.3, -0.25) is 4.90 Å². The van der Waals surface area contributed by atoms with E-state index < -0.39 is 0 Å². The van der Waals surface area contributed by atoms with E-state index in [1.54, 1.807) is 0 Å². The largest absolute Gasteiger partial charge is 0.311 e. The van der Waals surface area contributed by atoms with E-state index in [2.05, 4.69) is 34.0 Å². The average molecular weight is 307 g/mol. The van der Waals surface area contributed by atoms with Gasteiger partial charge in [0.05, 0.1) is 0 Å². The molecule has 1 saturated heterocycles. The smallest absolute Gasteiger partial charge is 0.0253 e. The zero-order valence-corrected chi connectivity index (χ0v) is 14.2. The van der Waals surface area contributed by atoms with Gasteiger partial charge in [-0.25, -0.2) is 0 Å². The number of thiophene rings is 1. The molecule has 3 rings (SSSR count). The third-order valence-electron chi connectivity index (χ3n) is 5.34. The van der Waals surface area contributed by atoms with Crippen LogP contribution in [0.25, 0.3) is 0 Å². The summed E-state index contributed by atoms with van der Waals surface area (Å²) in [6.07, 6.45) is 9.86. The number of piperazine rings is 1. The Balaban J connectivity index is 1.67. The van der Waals surface area contributed by atoms with Gasteiger partial charge in [-0.15, -0.1) is 0 Å². The van der Waals surface area contributed by atoms with E-state index in [9.17, 15) is 0 Å². The number of hydrogen-bond donors (Lipinski definition) is 1. The molecule has 2 unspecified atom stereocenters. The van der Waals surface area contributed by atoms with E-state index >= 15 is 0 Å². The Morgan fingerprint density at radius 1 is 1.29 bits per heavy atom. The van der Waals surface area contributed by atoms with Crippen molar-refractivity contribution in [3.63, 3.8) is 0 Å². The Morgan fingerprint density at radius 3 is 2.86 bits per heavy atom. The third kappa shape index (κ3) is 4.08. The predicted octanol–water partition coefficient (Wildman–Crippen LogP) is 4.27. The molecule has 2 atom stereocenters. The SMILES string of the molecule is CCCC1CN(Cc2ccsc2)C(C2CCCCC2)CN1. The minimum atomic E-state index is 0.702. The van der Waals surface area contributed by atoms with Crippen LogP contribution in [0.1, 0.15) is 57.4 Å². The summed E-state index contributed by atoms with van der Waals surface area (Å²) in [6.45, 7) is 5.91. The van der Waals surface area contributed by atoms with E-state index in [1.807, 2.05) is 11.3 Å². The van der Waals surface area contributed by atoms with Gasteiger partial charge in [-0.1, -0.05) is 32.6 Å². The fourth-order valence-corrected chi connectivity index (χ4v) is 4.88. The molecule has 0 spiro atoms. The molecule has 1 aliphatic carbocycles. The van der Waals surface area contributed by atoms with Gasteiger partial charge < -0.3 is 5.32 Å². The summed E-state index contributed by atoms with van der Waals surface area (Å²) in [5.74, 6) is 0.924. The second kappa shape index (κ2) is 7.75. The van der Waals surface area contributed by atoms with Crippen LogP contribution in [0.3, 0.4) is 0 Å². The van der Waals surface area contributed by atoms with Crippen molar-refractivity contribution in [1.29, 1.82) is 0 Å². The molecule has 2 nitrogen and oxygen atoms in total. The molecule has 118 valence electrons. The highest BCUT2D eigenvalue weighted by Gasteiger charge is 2.33. The van der Waals surface area contributed by atoms with Gasteiger partial charge in [-0.05, 0) is 47.6 Å². The van der Waals surface area contributed by atoms with Gasteiger partial charge in [0.25, 0.3) is 0 Å². The number of hydrogen-bond acceptors (Lipinski definition) is 3. The van der Waals surface area contributed by atoms with Crippen molar-refractivity contribution in [3.8, 4) is 0 Å². The molecule has 0 bridgehead atoms. The van der Waals surface area contributed by atoms with Gasteiger partial charge in [0.2, 0.25) is 0 Å². The fraction of sp³-hybridized carbons (Fsp3) is 0.778. The van der Waals surface area contributed by atoms with Crippen molar-refractivity contribution in [1.82, 2.24) is 10.2 Å². The summed E-state index contributed by atoms with van der Waals surface area (Å²) in [7, 11) is 0. The van der Waals surface area contributed by atoms with Crippen molar-refractivity contribution in [2.24, 2.45) is 5.92 Å². The molecule has 2 aliphatic rings. The molecule has 3 heteroatoms. The molecule has 1 saturated carbocycles. The van der Waals surface area contributed by atoms with Gasteiger partial charge in [-0.2, -0.15) is 11.3 Å². The first kappa shape index (κ1) is 15.5. The maximum Gasteiger partial charge on any atom is 0.0253 e. The van der Waals surface area contributed by atoms with E-state index in [4.69, 9.17) is 0 Å². The monoisotopic (exact) mass is 306 g/mol. The van der Waals surface area contributed by atoms with Crippen LogP contribution in [0.15, 0.2) is 16.8 Å². The lowest BCUT2D eigenvalue weighted by Crippen LogP contribution is -2.58. The first-order chi connectivity index (χ1) is 10.4. The predicted molar refractivity (Wildman–Crippen MR) is 91.8 cm³/mol. The van der Waals surface area contributed by atoms with Crippen LogP contribution < -0.4 is 5.32 Å². The van der Waals surface area contributed by atoms with E-state index in [-0.39, 0.29) is 0 Å². The van der Waals surface area contributed by atoms with Gasteiger partial charge in [0, 0.05) is 31.7 Å². The molecule has 2 fully saturated rings. The lowest BCUT2D eigenvalue weighted by molar-refractivity contribution is 0.0634. The molecule has 1 N–H and O–H groups in total. The van der Waals surface area contributed by atoms with Crippen molar-refractivity contribution < 1.29 is 0 Å². The molecule has 1 aliphatic heterocycles. The maximum absolute atomic E-state index is 3.84. The Labute approximate surface area is 133 Å². The molecule has 0 aromatic carbocycles. The van der Waals surface area contributed by atoms with Crippen molar-refractivity contribution in [3.05, 3.63) is 22.4 Å². The Hall–Kier alpha value is -0.380. The molecule has 0 radical (unpaired) electrons. The molecular formula is C18H30N2S. The van der Waals surface area contributed by atoms with Crippen LogP contribution >= 0.6 is 11.3 Å².